The average Bonchev–Trinajstić information content (AvgIpc) is 3.03. The zero-order chi connectivity index (χ0) is 12.4. The second-order valence-electron chi connectivity index (χ2n) is 4.33. The Morgan fingerprint density at radius 1 is 1.53 bits per heavy atom. The standard InChI is InChI=1S/C13H15ClN2O/c1-8(15)16-13(17)7-11-10(9-5-6-9)3-2-4-12(11)14/h2-4,9H,1,5-7,15H2,(H,16,17). The molecule has 0 aliphatic heterocycles. The molecule has 0 spiro atoms. The van der Waals surface area contributed by atoms with Crippen LogP contribution in [0, 0.1) is 0 Å². The highest BCUT2D eigenvalue weighted by molar-refractivity contribution is 6.31. The quantitative estimate of drug-likeness (QED) is 0.862. The fraction of sp³-hybridized carbons (Fsp3) is 0.308. The number of benzene rings is 1. The van der Waals surface area contributed by atoms with Gasteiger partial charge < -0.3 is 11.1 Å². The van der Waals surface area contributed by atoms with Crippen molar-refractivity contribution in [1.82, 2.24) is 5.32 Å². The van der Waals surface area contributed by atoms with Gasteiger partial charge in [0.1, 0.15) is 0 Å². The molecule has 1 fully saturated rings. The van der Waals surface area contributed by atoms with Crippen molar-refractivity contribution in [3.8, 4) is 0 Å². The minimum absolute atomic E-state index is 0.162. The van der Waals surface area contributed by atoms with E-state index in [0.29, 0.717) is 10.9 Å². The minimum atomic E-state index is -0.174. The number of hydrogen-bond donors (Lipinski definition) is 2. The lowest BCUT2D eigenvalue weighted by atomic mass is 10.0. The van der Waals surface area contributed by atoms with Crippen molar-refractivity contribution in [3.05, 3.63) is 46.7 Å². The van der Waals surface area contributed by atoms with Crippen LogP contribution in [0.15, 0.2) is 30.6 Å². The Kier molecular flexibility index (Phi) is 3.38. The Morgan fingerprint density at radius 2 is 2.24 bits per heavy atom. The zero-order valence-electron chi connectivity index (χ0n) is 9.50. The van der Waals surface area contributed by atoms with Crippen molar-refractivity contribution in [2.24, 2.45) is 5.73 Å². The highest BCUT2D eigenvalue weighted by Gasteiger charge is 2.27. The third kappa shape index (κ3) is 3.01. The van der Waals surface area contributed by atoms with Gasteiger partial charge in [0, 0.05) is 5.02 Å². The SMILES string of the molecule is C=C(N)NC(=O)Cc1c(Cl)cccc1C1CC1. The Balaban J connectivity index is 2.19. The van der Waals surface area contributed by atoms with Gasteiger partial charge in [0.2, 0.25) is 5.91 Å². The van der Waals surface area contributed by atoms with Gasteiger partial charge >= 0.3 is 0 Å². The molecule has 90 valence electrons. The van der Waals surface area contributed by atoms with E-state index in [9.17, 15) is 4.79 Å². The lowest BCUT2D eigenvalue weighted by Gasteiger charge is -2.11. The molecule has 1 aliphatic carbocycles. The Bertz CT molecular complexity index is 466. The summed E-state index contributed by atoms with van der Waals surface area (Å²) in [6.45, 7) is 3.44. The summed E-state index contributed by atoms with van der Waals surface area (Å²) in [5, 5.41) is 3.14. The molecular weight excluding hydrogens is 236 g/mol. The van der Waals surface area contributed by atoms with Crippen LogP contribution < -0.4 is 11.1 Å². The van der Waals surface area contributed by atoms with Crippen LogP contribution >= 0.6 is 11.6 Å². The van der Waals surface area contributed by atoms with Gasteiger partial charge in [0.05, 0.1) is 12.2 Å². The predicted molar refractivity (Wildman–Crippen MR) is 68.6 cm³/mol. The van der Waals surface area contributed by atoms with Crippen LogP contribution in [0.1, 0.15) is 29.9 Å². The van der Waals surface area contributed by atoms with Crippen LogP contribution in [-0.4, -0.2) is 5.91 Å². The smallest absolute Gasteiger partial charge is 0.229 e. The fourth-order valence-corrected chi connectivity index (χ4v) is 2.17. The normalized spacial score (nSPS) is 14.4. The van der Waals surface area contributed by atoms with Crippen molar-refractivity contribution < 1.29 is 4.79 Å². The second kappa shape index (κ2) is 4.80. The lowest BCUT2D eigenvalue weighted by Crippen LogP contribution is -2.28. The number of hydrogen-bond acceptors (Lipinski definition) is 2. The van der Waals surface area contributed by atoms with Crippen LogP contribution in [0.5, 0.6) is 0 Å². The topological polar surface area (TPSA) is 55.1 Å². The molecule has 0 atom stereocenters. The van der Waals surface area contributed by atoms with E-state index in [-0.39, 0.29) is 18.1 Å². The number of carbonyl (C=O) groups excluding carboxylic acids is 1. The molecule has 0 aromatic heterocycles. The van der Waals surface area contributed by atoms with Crippen molar-refractivity contribution in [1.29, 1.82) is 0 Å². The number of amides is 1. The molecular formula is C13H15ClN2O. The molecule has 1 saturated carbocycles. The number of halogens is 1. The van der Waals surface area contributed by atoms with E-state index in [1.54, 1.807) is 0 Å². The number of nitrogens with one attached hydrogen (secondary N) is 1. The van der Waals surface area contributed by atoms with E-state index in [1.807, 2.05) is 18.2 Å². The first-order valence-corrected chi connectivity index (χ1v) is 5.97. The van der Waals surface area contributed by atoms with E-state index < -0.39 is 0 Å². The van der Waals surface area contributed by atoms with Crippen molar-refractivity contribution in [2.75, 3.05) is 0 Å². The van der Waals surface area contributed by atoms with E-state index in [2.05, 4.69) is 11.9 Å². The Hall–Kier alpha value is -1.48. The molecule has 1 aliphatic rings. The van der Waals surface area contributed by atoms with Crippen LogP contribution in [0.2, 0.25) is 5.02 Å². The highest BCUT2D eigenvalue weighted by atomic mass is 35.5. The molecule has 0 unspecified atom stereocenters. The lowest BCUT2D eigenvalue weighted by molar-refractivity contribution is -0.119. The molecule has 1 amide bonds. The first-order chi connectivity index (χ1) is 8.08. The first-order valence-electron chi connectivity index (χ1n) is 5.59. The molecule has 0 saturated heterocycles. The van der Waals surface area contributed by atoms with Gasteiger partial charge in [0.15, 0.2) is 0 Å². The first kappa shape index (κ1) is 12.0. The fourth-order valence-electron chi connectivity index (χ4n) is 1.92. The summed E-state index contributed by atoms with van der Waals surface area (Å²) in [7, 11) is 0. The summed E-state index contributed by atoms with van der Waals surface area (Å²) in [6, 6.07) is 5.79. The average molecular weight is 251 g/mol. The van der Waals surface area contributed by atoms with Crippen molar-refractivity contribution in [2.45, 2.75) is 25.2 Å². The van der Waals surface area contributed by atoms with E-state index in [4.69, 9.17) is 17.3 Å². The molecule has 0 bridgehead atoms. The van der Waals surface area contributed by atoms with Crippen LogP contribution in [-0.2, 0) is 11.2 Å². The number of nitrogens with two attached hydrogens (primary N) is 1. The van der Waals surface area contributed by atoms with Gasteiger partial charge in [-0.15, -0.1) is 0 Å². The molecule has 2 rings (SSSR count). The largest absolute Gasteiger partial charge is 0.386 e. The van der Waals surface area contributed by atoms with Gasteiger partial charge in [-0.3, -0.25) is 4.79 Å². The van der Waals surface area contributed by atoms with Gasteiger partial charge in [-0.2, -0.15) is 0 Å². The molecule has 1 aromatic rings. The van der Waals surface area contributed by atoms with E-state index in [0.717, 1.165) is 5.56 Å². The monoisotopic (exact) mass is 250 g/mol. The van der Waals surface area contributed by atoms with Crippen molar-refractivity contribution in [3.63, 3.8) is 0 Å². The van der Waals surface area contributed by atoms with Gasteiger partial charge in [-0.1, -0.05) is 30.3 Å². The Labute approximate surface area is 106 Å². The van der Waals surface area contributed by atoms with Crippen LogP contribution in [0.3, 0.4) is 0 Å². The summed E-state index contributed by atoms with van der Waals surface area (Å²) >= 11 is 6.15. The zero-order valence-corrected chi connectivity index (χ0v) is 10.3. The molecule has 4 heteroatoms. The van der Waals surface area contributed by atoms with E-state index in [1.165, 1.54) is 18.4 Å². The third-order valence-electron chi connectivity index (χ3n) is 2.81. The molecule has 0 radical (unpaired) electrons. The number of carbonyl (C=O) groups is 1. The Morgan fingerprint density at radius 3 is 2.82 bits per heavy atom. The summed E-state index contributed by atoms with van der Waals surface area (Å²) in [5.74, 6) is 0.556. The highest BCUT2D eigenvalue weighted by Crippen LogP contribution is 2.43. The second-order valence-corrected chi connectivity index (χ2v) is 4.74. The maximum absolute atomic E-state index is 11.7. The van der Waals surface area contributed by atoms with Crippen molar-refractivity contribution >= 4 is 17.5 Å². The maximum atomic E-state index is 11.7. The number of rotatable bonds is 4. The predicted octanol–water partition coefficient (Wildman–Crippen LogP) is 2.31. The van der Waals surface area contributed by atoms with Gasteiger partial charge in [-0.25, -0.2) is 0 Å². The van der Waals surface area contributed by atoms with Gasteiger partial charge in [0.25, 0.3) is 0 Å². The summed E-state index contributed by atoms with van der Waals surface area (Å²) in [5.41, 5.74) is 7.44. The molecule has 1 aromatic carbocycles. The minimum Gasteiger partial charge on any atom is -0.386 e. The maximum Gasteiger partial charge on any atom is 0.229 e. The molecule has 3 N–H and O–H groups in total. The summed E-state index contributed by atoms with van der Waals surface area (Å²) in [4.78, 5) is 11.7. The van der Waals surface area contributed by atoms with Crippen LogP contribution in [0.25, 0.3) is 0 Å². The van der Waals surface area contributed by atoms with Gasteiger partial charge in [-0.05, 0) is 36.0 Å². The molecule has 3 nitrogen and oxygen atoms in total. The summed E-state index contributed by atoms with van der Waals surface area (Å²) < 4.78 is 0. The van der Waals surface area contributed by atoms with Crippen LogP contribution in [0.4, 0.5) is 0 Å². The molecule has 0 heterocycles. The summed E-state index contributed by atoms with van der Waals surface area (Å²) in [6.07, 6.45) is 2.61. The van der Waals surface area contributed by atoms with E-state index >= 15 is 0 Å². The molecule has 17 heavy (non-hydrogen) atoms. The third-order valence-corrected chi connectivity index (χ3v) is 3.16.